The fourth-order valence-electron chi connectivity index (χ4n) is 4.19. The minimum absolute atomic E-state index is 0.0215. The van der Waals surface area contributed by atoms with Gasteiger partial charge in [-0.1, -0.05) is 22.5 Å². The lowest BCUT2D eigenvalue weighted by Gasteiger charge is -2.34. The molecule has 2 amide bonds. The molecule has 1 aliphatic heterocycles. The van der Waals surface area contributed by atoms with Gasteiger partial charge >= 0.3 is 0 Å². The third-order valence-corrected chi connectivity index (χ3v) is 6.51. The van der Waals surface area contributed by atoms with E-state index in [0.717, 1.165) is 31.9 Å². The zero-order valence-corrected chi connectivity index (χ0v) is 22.0. The zero-order valence-electron chi connectivity index (χ0n) is 20.4. The van der Waals surface area contributed by atoms with Crippen molar-refractivity contribution in [3.05, 3.63) is 59.6 Å². The average Bonchev–Trinajstić information content (AvgIpc) is 2.88. The van der Waals surface area contributed by atoms with Crippen LogP contribution in [-0.4, -0.2) is 52.5 Å². The number of nitrogens with zero attached hydrogens (tertiary/aromatic N) is 3. The number of ether oxygens (including phenoxy) is 1. The monoisotopic (exact) mass is 570 g/mol. The second-order valence-electron chi connectivity index (χ2n) is 8.56. The van der Waals surface area contributed by atoms with E-state index in [0.29, 0.717) is 39.2 Å². The standard InChI is InChI=1S/C26H28BrFN6O3/c1-3-25(36)32-22-13-18-21(30-15-31-26(18)33-20-8-7-17(27)12-19(20)28)14-23(22)37-11-10-34(16(2)35)24-6-4-5-9-29-24/h3,7-8,12-15,24,29H,1,4-6,9-11H2,2H3,(H,32,36)(H,30,31,33). The summed E-state index contributed by atoms with van der Waals surface area (Å²) in [6.07, 6.45) is 5.53. The second-order valence-corrected chi connectivity index (χ2v) is 9.47. The Kier molecular flexibility index (Phi) is 8.67. The molecule has 4 rings (SSSR count). The maximum absolute atomic E-state index is 14.4. The van der Waals surface area contributed by atoms with Crippen LogP contribution in [0.4, 0.5) is 21.6 Å². The Morgan fingerprint density at radius 1 is 1.27 bits per heavy atom. The van der Waals surface area contributed by atoms with E-state index in [1.165, 1.54) is 12.4 Å². The van der Waals surface area contributed by atoms with E-state index in [9.17, 15) is 14.0 Å². The molecular formula is C26H28BrFN6O3. The number of halogens is 2. The number of fused-ring (bicyclic) bond motifs is 1. The molecule has 0 spiro atoms. The lowest BCUT2D eigenvalue weighted by molar-refractivity contribution is -0.132. The van der Waals surface area contributed by atoms with Gasteiger partial charge in [-0.15, -0.1) is 0 Å². The molecule has 1 aliphatic rings. The van der Waals surface area contributed by atoms with E-state index in [2.05, 4.69) is 48.4 Å². The van der Waals surface area contributed by atoms with Crippen LogP contribution in [0.5, 0.6) is 5.75 Å². The van der Waals surface area contributed by atoms with Gasteiger partial charge in [0.25, 0.3) is 0 Å². The van der Waals surface area contributed by atoms with Crippen molar-refractivity contribution in [3.8, 4) is 5.75 Å². The molecule has 0 bridgehead atoms. The maximum atomic E-state index is 14.4. The normalized spacial score (nSPS) is 15.2. The number of carbonyl (C=O) groups excluding carboxylic acids is 2. The Balaban J connectivity index is 1.60. The van der Waals surface area contributed by atoms with Crippen LogP contribution in [0.15, 0.2) is 53.8 Å². The first-order valence-electron chi connectivity index (χ1n) is 11.9. The lowest BCUT2D eigenvalue weighted by Crippen LogP contribution is -2.51. The van der Waals surface area contributed by atoms with Gasteiger partial charge in [0.15, 0.2) is 0 Å². The number of piperidine rings is 1. The van der Waals surface area contributed by atoms with Crippen molar-refractivity contribution in [1.29, 1.82) is 0 Å². The summed E-state index contributed by atoms with van der Waals surface area (Å²) in [4.78, 5) is 34.8. The summed E-state index contributed by atoms with van der Waals surface area (Å²) in [5.74, 6) is -0.180. The van der Waals surface area contributed by atoms with Crippen molar-refractivity contribution in [3.63, 3.8) is 0 Å². The van der Waals surface area contributed by atoms with Crippen LogP contribution in [0, 0.1) is 5.82 Å². The second kappa shape index (κ2) is 12.1. The predicted molar refractivity (Wildman–Crippen MR) is 144 cm³/mol. The van der Waals surface area contributed by atoms with Crippen molar-refractivity contribution < 1.29 is 18.7 Å². The highest BCUT2D eigenvalue weighted by molar-refractivity contribution is 9.10. The van der Waals surface area contributed by atoms with Gasteiger partial charge in [0.2, 0.25) is 11.8 Å². The number of amides is 2. The minimum atomic E-state index is -0.455. The van der Waals surface area contributed by atoms with E-state index in [1.54, 1.807) is 36.1 Å². The van der Waals surface area contributed by atoms with Crippen LogP contribution >= 0.6 is 15.9 Å². The first-order valence-corrected chi connectivity index (χ1v) is 12.7. The highest BCUT2D eigenvalue weighted by atomic mass is 79.9. The van der Waals surface area contributed by atoms with Gasteiger partial charge in [0.05, 0.1) is 29.6 Å². The molecule has 2 heterocycles. The van der Waals surface area contributed by atoms with E-state index >= 15 is 0 Å². The number of hydrogen-bond acceptors (Lipinski definition) is 7. The van der Waals surface area contributed by atoms with E-state index in [-0.39, 0.29) is 24.4 Å². The molecule has 1 unspecified atom stereocenters. The summed E-state index contributed by atoms with van der Waals surface area (Å²) in [7, 11) is 0. The molecule has 3 aromatic rings. The molecular weight excluding hydrogens is 543 g/mol. The summed E-state index contributed by atoms with van der Waals surface area (Å²) in [5, 5.41) is 9.67. The molecule has 1 atom stereocenters. The van der Waals surface area contributed by atoms with E-state index in [1.807, 2.05) is 0 Å². The summed E-state index contributed by atoms with van der Waals surface area (Å²) in [5.41, 5.74) is 1.14. The van der Waals surface area contributed by atoms with Crippen molar-refractivity contribution in [2.75, 3.05) is 30.3 Å². The zero-order chi connectivity index (χ0) is 26.4. The van der Waals surface area contributed by atoms with Gasteiger partial charge in [-0.25, -0.2) is 14.4 Å². The fraction of sp³-hybridized carbons (Fsp3) is 0.308. The Hall–Kier alpha value is -3.57. The van der Waals surface area contributed by atoms with E-state index < -0.39 is 11.7 Å². The Labute approximate surface area is 222 Å². The minimum Gasteiger partial charge on any atom is -0.489 e. The number of aromatic nitrogens is 2. The third kappa shape index (κ3) is 6.60. The average molecular weight is 571 g/mol. The largest absolute Gasteiger partial charge is 0.489 e. The molecule has 2 aromatic carbocycles. The molecule has 0 radical (unpaired) electrons. The van der Waals surface area contributed by atoms with Crippen LogP contribution in [0.1, 0.15) is 26.2 Å². The quantitative estimate of drug-likeness (QED) is 0.319. The molecule has 11 heteroatoms. The van der Waals surface area contributed by atoms with Gasteiger partial charge in [-0.05, 0) is 56.1 Å². The van der Waals surface area contributed by atoms with Crippen LogP contribution in [0.3, 0.4) is 0 Å². The lowest BCUT2D eigenvalue weighted by atomic mass is 10.1. The number of anilines is 3. The highest BCUT2D eigenvalue weighted by Crippen LogP contribution is 2.34. The number of rotatable bonds is 9. The van der Waals surface area contributed by atoms with Crippen molar-refractivity contribution in [2.24, 2.45) is 0 Å². The predicted octanol–water partition coefficient (Wildman–Crippen LogP) is 4.73. The van der Waals surface area contributed by atoms with Crippen LogP contribution < -0.4 is 20.7 Å². The molecule has 0 aliphatic carbocycles. The van der Waals surface area contributed by atoms with Crippen molar-refractivity contribution >= 4 is 55.8 Å². The van der Waals surface area contributed by atoms with Gasteiger partial charge in [-0.2, -0.15) is 0 Å². The van der Waals surface area contributed by atoms with Crippen LogP contribution in [0.2, 0.25) is 0 Å². The Morgan fingerprint density at radius 2 is 2.11 bits per heavy atom. The SMILES string of the molecule is C=CC(=O)Nc1cc2c(Nc3ccc(Br)cc3F)ncnc2cc1OCCN(C(C)=O)C1CCCCN1. The van der Waals surface area contributed by atoms with Crippen molar-refractivity contribution in [2.45, 2.75) is 32.4 Å². The molecule has 3 N–H and O–H groups in total. The van der Waals surface area contributed by atoms with Gasteiger partial charge in [0, 0.05) is 22.8 Å². The number of nitrogens with one attached hydrogen (secondary N) is 3. The first kappa shape index (κ1) is 26.5. The fourth-order valence-corrected chi connectivity index (χ4v) is 4.52. The summed E-state index contributed by atoms with van der Waals surface area (Å²) in [6, 6.07) is 7.99. The first-order chi connectivity index (χ1) is 17.9. The topological polar surface area (TPSA) is 108 Å². The molecule has 1 saturated heterocycles. The molecule has 194 valence electrons. The number of carbonyl (C=O) groups is 2. The van der Waals surface area contributed by atoms with Gasteiger partial charge in [-0.3, -0.25) is 14.9 Å². The van der Waals surface area contributed by atoms with Gasteiger partial charge < -0.3 is 20.3 Å². The van der Waals surface area contributed by atoms with Crippen LogP contribution in [-0.2, 0) is 9.59 Å². The Bertz CT molecular complexity index is 1310. The third-order valence-electron chi connectivity index (χ3n) is 6.02. The summed E-state index contributed by atoms with van der Waals surface area (Å²) in [6.45, 7) is 6.51. The molecule has 37 heavy (non-hydrogen) atoms. The summed E-state index contributed by atoms with van der Waals surface area (Å²) >= 11 is 3.25. The van der Waals surface area contributed by atoms with Gasteiger partial charge in [0.1, 0.15) is 30.3 Å². The highest BCUT2D eigenvalue weighted by Gasteiger charge is 2.23. The smallest absolute Gasteiger partial charge is 0.247 e. The van der Waals surface area contributed by atoms with Crippen molar-refractivity contribution in [1.82, 2.24) is 20.2 Å². The number of benzene rings is 2. The maximum Gasteiger partial charge on any atom is 0.247 e. The molecule has 1 fully saturated rings. The summed E-state index contributed by atoms with van der Waals surface area (Å²) < 4.78 is 21.1. The molecule has 9 nitrogen and oxygen atoms in total. The number of hydrogen-bond donors (Lipinski definition) is 3. The molecule has 1 aromatic heterocycles. The van der Waals surface area contributed by atoms with E-state index in [4.69, 9.17) is 4.74 Å². The van der Waals surface area contributed by atoms with Crippen LogP contribution in [0.25, 0.3) is 10.9 Å². The molecule has 0 saturated carbocycles. The Morgan fingerprint density at radius 3 is 2.81 bits per heavy atom.